The maximum atomic E-state index is 9.55. The fourth-order valence-electron chi connectivity index (χ4n) is 3.69. The second-order valence-electron chi connectivity index (χ2n) is 5.38. The van der Waals surface area contributed by atoms with E-state index in [1.54, 1.807) is 12.4 Å². The third kappa shape index (κ3) is 1.75. The molecule has 0 aromatic carbocycles. The van der Waals surface area contributed by atoms with E-state index in [4.69, 9.17) is 5.26 Å². The third-order valence-electron chi connectivity index (χ3n) is 4.56. The van der Waals surface area contributed by atoms with E-state index in [1.165, 1.54) is 19.3 Å². The minimum Gasteiger partial charge on any atom is -0.396 e. The molecule has 4 atom stereocenters. The molecule has 4 heteroatoms. The van der Waals surface area contributed by atoms with Crippen molar-refractivity contribution in [3.8, 4) is 6.07 Å². The maximum Gasteiger partial charge on any atom is 0.103 e. The van der Waals surface area contributed by atoms with E-state index in [1.807, 2.05) is 6.07 Å². The predicted octanol–water partition coefficient (Wildman–Crippen LogP) is 1.77. The molecule has 0 amide bonds. The molecule has 4 nitrogen and oxygen atoms in total. The van der Waals surface area contributed by atoms with Gasteiger partial charge in [0.25, 0.3) is 0 Å². The van der Waals surface area contributed by atoms with Crippen molar-refractivity contribution >= 4 is 5.69 Å². The van der Waals surface area contributed by atoms with Gasteiger partial charge in [-0.15, -0.1) is 0 Å². The van der Waals surface area contributed by atoms with Gasteiger partial charge in [0.1, 0.15) is 6.07 Å². The molecule has 1 aromatic heterocycles. The highest BCUT2D eigenvalue weighted by Crippen LogP contribution is 2.49. The van der Waals surface area contributed by atoms with Gasteiger partial charge in [-0.05, 0) is 37.2 Å². The van der Waals surface area contributed by atoms with E-state index in [2.05, 4.69) is 16.4 Å². The van der Waals surface area contributed by atoms with Crippen LogP contribution in [0.25, 0.3) is 0 Å². The number of nitrogens with one attached hydrogen (secondary N) is 1. The Morgan fingerprint density at radius 3 is 3.06 bits per heavy atom. The van der Waals surface area contributed by atoms with Gasteiger partial charge in [0.2, 0.25) is 0 Å². The third-order valence-corrected chi connectivity index (χ3v) is 4.56. The standard InChI is InChI=1S/C14H17N3O/c15-6-11-7-16-4-3-13(11)17-14-10-2-1-9(5-10)12(14)8-18/h3-4,7,9-10,12,14,18H,1-2,5,8H2,(H,16,17)/t9-,10+,12-,14-/m1/s1. The van der Waals surface area contributed by atoms with Gasteiger partial charge in [-0.2, -0.15) is 5.26 Å². The van der Waals surface area contributed by atoms with Crippen LogP contribution in [0.3, 0.4) is 0 Å². The molecular formula is C14H17N3O. The molecule has 2 bridgehead atoms. The molecule has 2 fully saturated rings. The molecule has 1 heterocycles. The Balaban J connectivity index is 1.82. The highest BCUT2D eigenvalue weighted by atomic mass is 16.3. The summed E-state index contributed by atoms with van der Waals surface area (Å²) >= 11 is 0. The first-order valence-electron chi connectivity index (χ1n) is 6.55. The Morgan fingerprint density at radius 2 is 2.28 bits per heavy atom. The zero-order chi connectivity index (χ0) is 12.5. The van der Waals surface area contributed by atoms with Crippen molar-refractivity contribution in [3.63, 3.8) is 0 Å². The van der Waals surface area contributed by atoms with Crippen molar-refractivity contribution in [2.75, 3.05) is 11.9 Å². The maximum absolute atomic E-state index is 9.55. The largest absolute Gasteiger partial charge is 0.396 e. The Morgan fingerprint density at radius 1 is 1.44 bits per heavy atom. The second-order valence-corrected chi connectivity index (χ2v) is 5.38. The lowest BCUT2D eigenvalue weighted by Crippen LogP contribution is -2.36. The topological polar surface area (TPSA) is 68.9 Å². The lowest BCUT2D eigenvalue weighted by Gasteiger charge is -2.31. The molecule has 2 aliphatic rings. The van der Waals surface area contributed by atoms with Crippen molar-refractivity contribution in [1.82, 2.24) is 4.98 Å². The van der Waals surface area contributed by atoms with Crippen molar-refractivity contribution in [1.29, 1.82) is 5.26 Å². The number of fused-ring (bicyclic) bond motifs is 2. The molecule has 0 radical (unpaired) electrons. The SMILES string of the molecule is N#Cc1cnccc1N[C@@H]1[C@H]2CC[C@H](C2)[C@H]1CO. The van der Waals surface area contributed by atoms with Crippen LogP contribution in [0.15, 0.2) is 18.5 Å². The smallest absolute Gasteiger partial charge is 0.103 e. The normalized spacial score (nSPS) is 33.3. The lowest BCUT2D eigenvalue weighted by molar-refractivity contribution is 0.166. The van der Waals surface area contributed by atoms with Gasteiger partial charge in [0.15, 0.2) is 0 Å². The Kier molecular flexibility index (Phi) is 2.92. The zero-order valence-corrected chi connectivity index (χ0v) is 10.2. The van der Waals surface area contributed by atoms with E-state index < -0.39 is 0 Å². The van der Waals surface area contributed by atoms with E-state index in [0.29, 0.717) is 29.4 Å². The van der Waals surface area contributed by atoms with E-state index >= 15 is 0 Å². The van der Waals surface area contributed by atoms with Crippen molar-refractivity contribution < 1.29 is 5.11 Å². The first kappa shape index (κ1) is 11.5. The Hall–Kier alpha value is -1.60. The average molecular weight is 243 g/mol. The molecule has 1 aromatic rings. The molecule has 0 aliphatic heterocycles. The van der Waals surface area contributed by atoms with Crippen molar-refractivity contribution in [3.05, 3.63) is 24.0 Å². The zero-order valence-electron chi connectivity index (χ0n) is 10.2. The number of nitriles is 1. The molecule has 2 N–H and O–H groups in total. The second kappa shape index (κ2) is 4.58. The van der Waals surface area contributed by atoms with E-state index in [9.17, 15) is 5.11 Å². The first-order valence-corrected chi connectivity index (χ1v) is 6.55. The number of rotatable bonds is 3. The highest BCUT2D eigenvalue weighted by molar-refractivity contribution is 5.56. The lowest BCUT2D eigenvalue weighted by atomic mass is 9.85. The molecule has 2 aliphatic carbocycles. The van der Waals surface area contributed by atoms with Crippen LogP contribution in [0.2, 0.25) is 0 Å². The summed E-state index contributed by atoms with van der Waals surface area (Å²) in [5, 5.41) is 22.1. The summed E-state index contributed by atoms with van der Waals surface area (Å²) in [6.45, 7) is 0.242. The molecular weight excluding hydrogens is 226 g/mol. The van der Waals surface area contributed by atoms with E-state index in [-0.39, 0.29) is 6.61 Å². The summed E-state index contributed by atoms with van der Waals surface area (Å²) in [5.74, 6) is 1.64. The molecule has 3 rings (SSSR count). The minimum atomic E-state index is 0.242. The van der Waals surface area contributed by atoms with Gasteiger partial charge in [-0.3, -0.25) is 4.98 Å². The molecule has 94 valence electrons. The number of hydrogen-bond donors (Lipinski definition) is 2. The molecule has 18 heavy (non-hydrogen) atoms. The summed E-state index contributed by atoms with van der Waals surface area (Å²) in [5.41, 5.74) is 1.43. The molecule has 0 spiro atoms. The van der Waals surface area contributed by atoms with Crippen LogP contribution in [-0.2, 0) is 0 Å². The number of aromatic nitrogens is 1. The van der Waals surface area contributed by atoms with Gasteiger partial charge in [-0.25, -0.2) is 0 Å². The number of nitrogens with zero attached hydrogens (tertiary/aromatic N) is 2. The molecule has 0 saturated heterocycles. The summed E-state index contributed by atoms with van der Waals surface area (Å²) in [6, 6.07) is 4.31. The fraction of sp³-hybridized carbons (Fsp3) is 0.571. The number of hydrogen-bond acceptors (Lipinski definition) is 4. The van der Waals surface area contributed by atoms with Gasteiger partial charge in [-0.1, -0.05) is 0 Å². The monoisotopic (exact) mass is 243 g/mol. The average Bonchev–Trinajstić information content (AvgIpc) is 3.00. The number of pyridine rings is 1. The highest BCUT2D eigenvalue weighted by Gasteiger charge is 2.47. The summed E-state index contributed by atoms with van der Waals surface area (Å²) < 4.78 is 0. The predicted molar refractivity (Wildman–Crippen MR) is 67.8 cm³/mol. The summed E-state index contributed by atoms with van der Waals surface area (Å²) in [7, 11) is 0. The molecule has 2 saturated carbocycles. The van der Waals surface area contributed by atoms with Gasteiger partial charge in [0, 0.05) is 31.0 Å². The van der Waals surface area contributed by atoms with Crippen molar-refractivity contribution in [2.24, 2.45) is 17.8 Å². The van der Waals surface area contributed by atoms with Gasteiger partial charge >= 0.3 is 0 Å². The van der Waals surface area contributed by atoms with Crippen LogP contribution in [0.1, 0.15) is 24.8 Å². The van der Waals surface area contributed by atoms with Crippen LogP contribution in [0, 0.1) is 29.1 Å². The van der Waals surface area contributed by atoms with Crippen LogP contribution >= 0.6 is 0 Å². The summed E-state index contributed by atoms with van der Waals surface area (Å²) in [4.78, 5) is 3.97. The van der Waals surface area contributed by atoms with Crippen LogP contribution < -0.4 is 5.32 Å². The van der Waals surface area contributed by atoms with Crippen LogP contribution in [0.4, 0.5) is 5.69 Å². The van der Waals surface area contributed by atoms with Crippen LogP contribution in [-0.4, -0.2) is 22.7 Å². The van der Waals surface area contributed by atoms with Crippen LogP contribution in [0.5, 0.6) is 0 Å². The van der Waals surface area contributed by atoms with Gasteiger partial charge < -0.3 is 10.4 Å². The number of aliphatic hydroxyl groups excluding tert-OH is 1. The summed E-state index contributed by atoms with van der Waals surface area (Å²) in [6.07, 6.45) is 6.99. The van der Waals surface area contributed by atoms with E-state index in [0.717, 1.165) is 5.69 Å². The number of anilines is 1. The Labute approximate surface area is 107 Å². The fourth-order valence-corrected chi connectivity index (χ4v) is 3.69. The minimum absolute atomic E-state index is 0.242. The van der Waals surface area contributed by atoms with Crippen molar-refractivity contribution in [2.45, 2.75) is 25.3 Å². The Bertz CT molecular complexity index is 482. The molecule has 0 unspecified atom stereocenters. The first-order chi connectivity index (χ1) is 8.83. The van der Waals surface area contributed by atoms with Gasteiger partial charge in [0.05, 0.1) is 11.3 Å². The number of aliphatic hydroxyl groups is 1. The quantitative estimate of drug-likeness (QED) is 0.849.